The van der Waals surface area contributed by atoms with Gasteiger partial charge in [-0.05, 0) is 123 Å². The predicted octanol–water partition coefficient (Wildman–Crippen LogP) is 6.06. The Balaban J connectivity index is 0.00000228. The molecule has 0 aromatic rings. The van der Waals surface area contributed by atoms with Crippen molar-refractivity contribution >= 4 is 13.5 Å². The molecule has 0 aromatic heterocycles. The maximum absolute atomic E-state index is 10.8. The molecule has 0 aromatic carbocycles. The van der Waals surface area contributed by atoms with E-state index in [-0.39, 0.29) is 25.0 Å². The summed E-state index contributed by atoms with van der Waals surface area (Å²) in [6.07, 6.45) is 16.9. The van der Waals surface area contributed by atoms with E-state index in [1.165, 1.54) is 70.6 Å². The molecule has 6 fully saturated rings. The summed E-state index contributed by atoms with van der Waals surface area (Å²) < 4.78 is 6.83. The predicted molar refractivity (Wildman–Crippen MR) is 140 cm³/mol. The molecule has 3 nitrogen and oxygen atoms in total. The Morgan fingerprint density at radius 2 is 1.70 bits per heavy atom. The van der Waals surface area contributed by atoms with Gasteiger partial charge in [0.2, 0.25) is 0 Å². The van der Waals surface area contributed by atoms with Crippen LogP contribution in [0.2, 0.25) is 0 Å². The molecule has 1 saturated heterocycles. The summed E-state index contributed by atoms with van der Waals surface area (Å²) in [5, 5.41) is 14.5. The molecule has 1 aliphatic heterocycles. The summed E-state index contributed by atoms with van der Waals surface area (Å²) in [5.41, 5.74) is 1.81. The van der Waals surface area contributed by atoms with Gasteiger partial charge in [0.1, 0.15) is 0 Å². The standard InChI is InChI=1S/C29H49NO2.H2S/c1-5-6-15-30-17-19-7-8-21-23(32-19)16-22-20-9-10-24-26(2,3)25(31)11-12-29(24)18-28(20,29)14-13-27(21,22)4;/h19-25,30-31H,5-18H2,1-4H3;1H2/t19?,20?,21?,22?,23?,24?,25-,27?,28-,29+;/m0./s1. The first-order valence-electron chi connectivity index (χ1n) is 14.3. The van der Waals surface area contributed by atoms with Gasteiger partial charge in [-0.2, -0.15) is 13.5 Å². The van der Waals surface area contributed by atoms with Gasteiger partial charge in [-0.1, -0.05) is 34.1 Å². The highest BCUT2D eigenvalue weighted by molar-refractivity contribution is 7.59. The van der Waals surface area contributed by atoms with Crippen molar-refractivity contribution in [2.24, 2.45) is 45.3 Å². The Bertz CT molecular complexity index is 743. The Hall–Kier alpha value is 0.230. The van der Waals surface area contributed by atoms with Crippen LogP contribution >= 0.6 is 13.5 Å². The number of hydrogen-bond donors (Lipinski definition) is 2. The zero-order valence-corrected chi connectivity index (χ0v) is 22.8. The Labute approximate surface area is 210 Å². The monoisotopic (exact) mass is 477 g/mol. The van der Waals surface area contributed by atoms with Crippen LogP contribution in [0.3, 0.4) is 0 Å². The normalized spacial score (nSPS) is 53.5. The van der Waals surface area contributed by atoms with E-state index in [1.807, 2.05) is 0 Å². The third-order valence-corrected chi connectivity index (χ3v) is 12.7. The molecule has 2 spiro atoms. The van der Waals surface area contributed by atoms with Gasteiger partial charge >= 0.3 is 0 Å². The lowest BCUT2D eigenvalue weighted by Gasteiger charge is -2.59. The van der Waals surface area contributed by atoms with E-state index < -0.39 is 0 Å². The molecule has 0 bridgehead atoms. The van der Waals surface area contributed by atoms with Crippen molar-refractivity contribution in [3.8, 4) is 0 Å². The lowest BCUT2D eigenvalue weighted by atomic mass is 9.46. The minimum atomic E-state index is -0.0909. The zero-order valence-electron chi connectivity index (χ0n) is 21.8. The van der Waals surface area contributed by atoms with E-state index in [9.17, 15) is 5.11 Å². The largest absolute Gasteiger partial charge is 0.393 e. The number of nitrogens with one attached hydrogen (secondary N) is 1. The van der Waals surface area contributed by atoms with Gasteiger partial charge in [-0.3, -0.25) is 0 Å². The number of aliphatic hydroxyl groups is 1. The van der Waals surface area contributed by atoms with Crippen molar-refractivity contribution in [2.45, 2.75) is 123 Å². The molecule has 7 unspecified atom stereocenters. The molecular formula is C29H51NO2S. The lowest BCUT2D eigenvalue weighted by molar-refractivity contribution is -0.135. The molecule has 5 saturated carbocycles. The maximum atomic E-state index is 10.8. The fourth-order valence-corrected chi connectivity index (χ4v) is 11.0. The van der Waals surface area contributed by atoms with E-state index in [0.29, 0.717) is 28.5 Å². The average Bonchev–Trinajstić information content (AvgIpc) is 3.35. The summed E-state index contributed by atoms with van der Waals surface area (Å²) in [4.78, 5) is 0. The summed E-state index contributed by atoms with van der Waals surface area (Å²) in [5.74, 6) is 3.36. The van der Waals surface area contributed by atoms with Crippen LogP contribution in [0.15, 0.2) is 0 Å². The first-order chi connectivity index (χ1) is 15.3. The van der Waals surface area contributed by atoms with Crippen LogP contribution in [0.25, 0.3) is 0 Å². The molecule has 0 amide bonds. The first-order valence-corrected chi connectivity index (χ1v) is 14.3. The van der Waals surface area contributed by atoms with Crippen LogP contribution in [0.1, 0.15) is 105 Å². The van der Waals surface area contributed by atoms with Crippen LogP contribution in [0.4, 0.5) is 0 Å². The van der Waals surface area contributed by atoms with Crippen molar-refractivity contribution in [1.29, 1.82) is 0 Å². The third-order valence-electron chi connectivity index (χ3n) is 12.7. The maximum Gasteiger partial charge on any atom is 0.0703 e. The second kappa shape index (κ2) is 8.38. The van der Waals surface area contributed by atoms with Crippen molar-refractivity contribution in [1.82, 2.24) is 5.32 Å². The molecule has 10 atom stereocenters. The Kier molecular flexibility index (Phi) is 6.33. The fourth-order valence-electron chi connectivity index (χ4n) is 11.0. The van der Waals surface area contributed by atoms with Crippen LogP contribution in [0, 0.1) is 45.3 Å². The van der Waals surface area contributed by atoms with Crippen LogP contribution in [-0.2, 0) is 4.74 Å². The molecule has 4 heteroatoms. The summed E-state index contributed by atoms with van der Waals surface area (Å²) >= 11 is 0. The fraction of sp³-hybridized carbons (Fsp3) is 1.00. The van der Waals surface area contributed by atoms with Crippen LogP contribution in [-0.4, -0.2) is 36.5 Å². The van der Waals surface area contributed by atoms with E-state index in [0.717, 1.165) is 43.2 Å². The highest BCUT2D eigenvalue weighted by Gasteiger charge is 2.80. The van der Waals surface area contributed by atoms with E-state index >= 15 is 0 Å². The molecule has 2 N–H and O–H groups in total. The van der Waals surface area contributed by atoms with Gasteiger partial charge in [0.15, 0.2) is 0 Å². The number of aliphatic hydroxyl groups excluding tert-OH is 1. The second-order valence-corrected chi connectivity index (χ2v) is 14.0. The highest BCUT2D eigenvalue weighted by atomic mass is 32.1. The zero-order chi connectivity index (χ0) is 22.4. The van der Waals surface area contributed by atoms with Gasteiger partial charge in [0, 0.05) is 6.54 Å². The molecule has 33 heavy (non-hydrogen) atoms. The lowest BCUT2D eigenvalue weighted by Crippen LogP contribution is -2.54. The second-order valence-electron chi connectivity index (χ2n) is 14.0. The molecule has 5 aliphatic carbocycles. The Morgan fingerprint density at radius 1 is 0.909 bits per heavy atom. The summed E-state index contributed by atoms with van der Waals surface area (Å²) in [6, 6.07) is 0. The topological polar surface area (TPSA) is 41.5 Å². The molecule has 6 rings (SSSR count). The molecule has 0 radical (unpaired) electrons. The number of ether oxygens (including phenoxy) is 1. The van der Waals surface area contributed by atoms with Gasteiger partial charge in [0.25, 0.3) is 0 Å². The van der Waals surface area contributed by atoms with Gasteiger partial charge in [-0.25, -0.2) is 0 Å². The molecule has 6 aliphatic rings. The van der Waals surface area contributed by atoms with E-state index in [4.69, 9.17) is 4.74 Å². The molecular weight excluding hydrogens is 426 g/mol. The van der Waals surface area contributed by atoms with Gasteiger partial charge in [-0.15, -0.1) is 0 Å². The highest BCUT2D eigenvalue weighted by Crippen LogP contribution is 2.87. The van der Waals surface area contributed by atoms with E-state index in [1.54, 1.807) is 0 Å². The molecule has 1 heterocycles. The van der Waals surface area contributed by atoms with Crippen molar-refractivity contribution in [3.63, 3.8) is 0 Å². The average molecular weight is 478 g/mol. The van der Waals surface area contributed by atoms with Crippen LogP contribution in [0.5, 0.6) is 0 Å². The first kappa shape index (κ1) is 24.9. The number of hydrogen-bond acceptors (Lipinski definition) is 3. The smallest absolute Gasteiger partial charge is 0.0703 e. The SMILES string of the molecule is CCCCNCC1CCC2C(CC3C4CCC5C(C)(C)[C@@H](O)CC[C@@]56C[C@@]46CCC23C)O1.S. The van der Waals surface area contributed by atoms with Gasteiger partial charge < -0.3 is 15.2 Å². The number of unbranched alkanes of at least 4 members (excludes halogenated alkanes) is 1. The molecule has 190 valence electrons. The summed E-state index contributed by atoms with van der Waals surface area (Å²) in [7, 11) is 0. The minimum Gasteiger partial charge on any atom is -0.393 e. The van der Waals surface area contributed by atoms with Crippen molar-refractivity contribution in [2.75, 3.05) is 13.1 Å². The quantitative estimate of drug-likeness (QED) is 0.473. The van der Waals surface area contributed by atoms with Gasteiger partial charge in [0.05, 0.1) is 18.3 Å². The minimum absolute atomic E-state index is 0. The van der Waals surface area contributed by atoms with Crippen LogP contribution < -0.4 is 5.32 Å². The van der Waals surface area contributed by atoms with E-state index in [2.05, 4.69) is 33.0 Å². The Morgan fingerprint density at radius 3 is 2.48 bits per heavy atom. The number of rotatable bonds is 5. The summed E-state index contributed by atoms with van der Waals surface area (Å²) in [6.45, 7) is 11.9. The van der Waals surface area contributed by atoms with Crippen molar-refractivity contribution in [3.05, 3.63) is 0 Å². The number of fused-ring (bicyclic) bond motifs is 4. The van der Waals surface area contributed by atoms with Crippen molar-refractivity contribution < 1.29 is 9.84 Å². The third kappa shape index (κ3) is 3.32.